The quantitative estimate of drug-likeness (QED) is 0.474. The zero-order valence-electron chi connectivity index (χ0n) is 12.0. The summed E-state index contributed by atoms with van der Waals surface area (Å²) in [5, 5.41) is 6.85. The van der Waals surface area contributed by atoms with Crippen molar-refractivity contribution in [3.8, 4) is 0 Å². The largest absolute Gasteiger partial charge is 0.373 e. The molecule has 2 bridgehead atoms. The summed E-state index contributed by atoms with van der Waals surface area (Å²) in [5.74, 6) is 0.886. The zero-order valence-corrected chi connectivity index (χ0v) is 12.0. The van der Waals surface area contributed by atoms with E-state index in [1.807, 2.05) is 25.8 Å². The molecule has 6 heteroatoms. The molecule has 0 aliphatic carbocycles. The second-order valence-corrected chi connectivity index (χ2v) is 5.51. The summed E-state index contributed by atoms with van der Waals surface area (Å²) in [6.45, 7) is 1.88. The van der Waals surface area contributed by atoms with E-state index in [-0.39, 0.29) is 0 Å². The molecule has 0 aromatic carbocycles. The lowest BCUT2D eigenvalue weighted by Crippen LogP contribution is -2.47. The molecule has 3 heterocycles. The van der Waals surface area contributed by atoms with Gasteiger partial charge in [-0.1, -0.05) is 0 Å². The van der Waals surface area contributed by atoms with Crippen LogP contribution in [0.1, 0.15) is 25.7 Å². The Hall–Kier alpha value is -1.56. The maximum Gasteiger partial charge on any atom is 0.191 e. The summed E-state index contributed by atoms with van der Waals surface area (Å²) in [5.41, 5.74) is 0. The van der Waals surface area contributed by atoms with E-state index in [1.54, 1.807) is 0 Å². The molecular weight excluding hydrogens is 254 g/mol. The van der Waals surface area contributed by atoms with Crippen LogP contribution in [-0.2, 0) is 11.3 Å². The van der Waals surface area contributed by atoms with Crippen molar-refractivity contribution in [2.75, 3.05) is 13.6 Å². The summed E-state index contributed by atoms with van der Waals surface area (Å²) < 4.78 is 7.93. The van der Waals surface area contributed by atoms with Crippen molar-refractivity contribution < 1.29 is 4.74 Å². The molecule has 2 saturated heterocycles. The standard InChI is InChI=1S/C14H23N5O/c1-15-14(17-5-2-7-19-8-6-16-10-19)18-12-9-11-3-4-13(12)20-11/h6,8,10-13H,2-5,7,9H2,1H3,(H2,15,17,18). The third kappa shape index (κ3) is 3.12. The first-order valence-electron chi connectivity index (χ1n) is 7.43. The predicted octanol–water partition coefficient (Wildman–Crippen LogP) is 0.758. The zero-order chi connectivity index (χ0) is 13.8. The second kappa shape index (κ2) is 6.26. The van der Waals surface area contributed by atoms with E-state index in [1.165, 1.54) is 12.8 Å². The third-order valence-corrected chi connectivity index (χ3v) is 4.10. The van der Waals surface area contributed by atoms with Gasteiger partial charge >= 0.3 is 0 Å². The van der Waals surface area contributed by atoms with Gasteiger partial charge in [-0.25, -0.2) is 4.98 Å². The van der Waals surface area contributed by atoms with Crippen molar-refractivity contribution in [1.82, 2.24) is 20.2 Å². The lowest BCUT2D eigenvalue weighted by atomic mass is 9.96. The summed E-state index contributed by atoms with van der Waals surface area (Å²) >= 11 is 0. The van der Waals surface area contributed by atoms with Crippen molar-refractivity contribution in [3.63, 3.8) is 0 Å². The van der Waals surface area contributed by atoms with Gasteiger partial charge in [-0.15, -0.1) is 0 Å². The van der Waals surface area contributed by atoms with Gasteiger partial charge < -0.3 is 19.9 Å². The van der Waals surface area contributed by atoms with E-state index in [0.29, 0.717) is 18.2 Å². The van der Waals surface area contributed by atoms with Crippen LogP contribution in [0.4, 0.5) is 0 Å². The molecule has 0 radical (unpaired) electrons. The molecule has 3 atom stereocenters. The molecule has 1 aromatic heterocycles. The van der Waals surface area contributed by atoms with Gasteiger partial charge in [-0.3, -0.25) is 4.99 Å². The minimum atomic E-state index is 0.379. The SMILES string of the molecule is CN=C(NCCCn1ccnc1)NC1CC2CCC1O2. The number of hydrogen-bond acceptors (Lipinski definition) is 3. The van der Waals surface area contributed by atoms with Crippen molar-refractivity contribution in [2.45, 2.75) is 50.5 Å². The first kappa shape index (κ1) is 13.4. The molecule has 0 amide bonds. The minimum Gasteiger partial charge on any atom is -0.373 e. The van der Waals surface area contributed by atoms with Crippen LogP contribution in [0, 0.1) is 0 Å². The number of hydrogen-bond donors (Lipinski definition) is 2. The molecule has 1 aromatic rings. The van der Waals surface area contributed by atoms with Gasteiger partial charge in [-0.05, 0) is 25.7 Å². The van der Waals surface area contributed by atoms with E-state index < -0.39 is 0 Å². The molecule has 110 valence electrons. The number of ether oxygens (including phenoxy) is 1. The fourth-order valence-corrected chi connectivity index (χ4v) is 3.05. The second-order valence-electron chi connectivity index (χ2n) is 5.51. The molecular formula is C14H23N5O. The third-order valence-electron chi connectivity index (χ3n) is 4.10. The van der Waals surface area contributed by atoms with E-state index >= 15 is 0 Å². The highest BCUT2D eigenvalue weighted by Gasteiger charge is 2.40. The lowest BCUT2D eigenvalue weighted by Gasteiger charge is -2.22. The number of nitrogens with zero attached hydrogens (tertiary/aromatic N) is 3. The monoisotopic (exact) mass is 277 g/mol. The van der Waals surface area contributed by atoms with Gasteiger partial charge in [0.1, 0.15) is 0 Å². The molecule has 6 nitrogen and oxygen atoms in total. The number of aliphatic imine (C=N–C) groups is 1. The van der Waals surface area contributed by atoms with E-state index in [0.717, 1.165) is 31.9 Å². The number of nitrogens with one attached hydrogen (secondary N) is 2. The van der Waals surface area contributed by atoms with Gasteiger partial charge in [0.25, 0.3) is 0 Å². The molecule has 3 unspecified atom stereocenters. The summed E-state index contributed by atoms with van der Waals surface area (Å²) in [6, 6.07) is 0.425. The minimum absolute atomic E-state index is 0.379. The maximum atomic E-state index is 5.85. The molecule has 2 N–H and O–H groups in total. The lowest BCUT2D eigenvalue weighted by molar-refractivity contribution is 0.0992. The molecule has 2 aliphatic heterocycles. The van der Waals surface area contributed by atoms with Crippen molar-refractivity contribution in [1.29, 1.82) is 0 Å². The highest BCUT2D eigenvalue weighted by molar-refractivity contribution is 5.80. The van der Waals surface area contributed by atoms with Crippen LogP contribution in [0.25, 0.3) is 0 Å². The fraction of sp³-hybridized carbons (Fsp3) is 0.714. The van der Waals surface area contributed by atoms with Gasteiger partial charge in [0.15, 0.2) is 5.96 Å². The summed E-state index contributed by atoms with van der Waals surface area (Å²) in [6.07, 6.45) is 11.0. The van der Waals surface area contributed by atoms with Crippen LogP contribution in [0.2, 0.25) is 0 Å². The first-order chi connectivity index (χ1) is 9.85. The Balaban J connectivity index is 1.37. The Morgan fingerprint density at radius 1 is 1.50 bits per heavy atom. The van der Waals surface area contributed by atoms with Crippen molar-refractivity contribution >= 4 is 5.96 Å². The van der Waals surface area contributed by atoms with E-state index in [4.69, 9.17) is 4.74 Å². The molecule has 0 saturated carbocycles. The number of fused-ring (bicyclic) bond motifs is 2. The Labute approximate surface area is 119 Å². The highest BCUT2D eigenvalue weighted by atomic mass is 16.5. The first-order valence-corrected chi connectivity index (χ1v) is 7.43. The van der Waals surface area contributed by atoms with E-state index in [9.17, 15) is 0 Å². The van der Waals surface area contributed by atoms with Gasteiger partial charge in [-0.2, -0.15) is 0 Å². The Morgan fingerprint density at radius 2 is 2.45 bits per heavy atom. The van der Waals surface area contributed by atoms with Crippen LogP contribution in [-0.4, -0.2) is 47.4 Å². The Morgan fingerprint density at radius 3 is 3.10 bits per heavy atom. The summed E-state index contributed by atoms with van der Waals surface area (Å²) in [4.78, 5) is 8.32. The highest BCUT2D eigenvalue weighted by Crippen LogP contribution is 2.34. The topological polar surface area (TPSA) is 63.5 Å². The molecule has 2 aliphatic rings. The van der Waals surface area contributed by atoms with Crippen LogP contribution in [0.3, 0.4) is 0 Å². The average Bonchev–Trinajstić information content (AvgIpc) is 3.19. The summed E-state index contributed by atoms with van der Waals surface area (Å²) in [7, 11) is 1.82. The Kier molecular flexibility index (Phi) is 4.20. The fourth-order valence-electron chi connectivity index (χ4n) is 3.05. The van der Waals surface area contributed by atoms with Crippen molar-refractivity contribution in [3.05, 3.63) is 18.7 Å². The number of aryl methyl sites for hydroxylation is 1. The average molecular weight is 277 g/mol. The van der Waals surface area contributed by atoms with Crippen LogP contribution in [0.5, 0.6) is 0 Å². The van der Waals surface area contributed by atoms with Crippen molar-refractivity contribution in [2.24, 2.45) is 4.99 Å². The van der Waals surface area contributed by atoms with Gasteiger partial charge in [0.05, 0.1) is 24.6 Å². The normalized spacial score (nSPS) is 28.9. The number of aromatic nitrogens is 2. The Bertz CT molecular complexity index is 444. The predicted molar refractivity (Wildman–Crippen MR) is 77.6 cm³/mol. The van der Waals surface area contributed by atoms with Gasteiger partial charge in [0.2, 0.25) is 0 Å². The molecule has 3 rings (SSSR count). The number of imidazole rings is 1. The molecule has 2 fully saturated rings. The molecule has 20 heavy (non-hydrogen) atoms. The van der Waals surface area contributed by atoms with E-state index in [2.05, 4.69) is 25.2 Å². The van der Waals surface area contributed by atoms with Crippen LogP contribution in [0.15, 0.2) is 23.7 Å². The number of rotatable bonds is 5. The smallest absolute Gasteiger partial charge is 0.191 e. The number of guanidine groups is 1. The maximum absolute atomic E-state index is 5.85. The van der Waals surface area contributed by atoms with Crippen LogP contribution < -0.4 is 10.6 Å². The molecule has 0 spiro atoms. The van der Waals surface area contributed by atoms with Gasteiger partial charge in [0, 0.05) is 32.5 Å². The van der Waals surface area contributed by atoms with Crippen LogP contribution >= 0.6 is 0 Å².